The molecule has 1 heterocycles. The summed E-state index contributed by atoms with van der Waals surface area (Å²) in [7, 11) is 0. The van der Waals surface area contributed by atoms with Crippen LogP contribution in [0.1, 0.15) is 43.6 Å². The van der Waals surface area contributed by atoms with Crippen molar-refractivity contribution in [1.82, 2.24) is 4.90 Å². The highest BCUT2D eigenvalue weighted by Crippen LogP contribution is 2.45. The summed E-state index contributed by atoms with van der Waals surface area (Å²) in [4.78, 5) is 65.4. The van der Waals surface area contributed by atoms with Gasteiger partial charge in [0.1, 0.15) is 6.04 Å². The van der Waals surface area contributed by atoms with Gasteiger partial charge in [0, 0.05) is 34.0 Å². The van der Waals surface area contributed by atoms with Gasteiger partial charge < -0.3 is 10.1 Å². The number of carbonyl (C=O) groups is 5. The van der Waals surface area contributed by atoms with E-state index >= 15 is 0 Å². The number of nitrogens with one attached hydrogen (secondary N) is 1. The molecule has 1 atom stereocenters. The molecule has 3 amide bonds. The van der Waals surface area contributed by atoms with Crippen LogP contribution in [0.3, 0.4) is 0 Å². The number of benzene rings is 3. The summed E-state index contributed by atoms with van der Waals surface area (Å²) < 4.78 is 6.82. The highest BCUT2D eigenvalue weighted by Gasteiger charge is 2.45. The number of carbonyl (C=O) groups excluding carboxylic acids is 5. The number of halogens is 5. The quantitative estimate of drug-likeness (QED) is 0.0927. The first kappa shape index (κ1) is 29.6. The molecule has 8 nitrogen and oxygen atoms in total. The molecule has 0 aliphatic carbocycles. The van der Waals surface area contributed by atoms with Gasteiger partial charge in [-0.05, 0) is 88.8 Å². The van der Waals surface area contributed by atoms with E-state index in [0.29, 0.717) is 28.5 Å². The maximum Gasteiger partial charge on any atom is 0.329 e. The minimum Gasteiger partial charge on any atom is -0.454 e. The molecule has 39 heavy (non-hydrogen) atoms. The second-order valence-corrected chi connectivity index (χ2v) is 11.8. The van der Waals surface area contributed by atoms with E-state index in [1.165, 1.54) is 25.1 Å². The predicted octanol–water partition coefficient (Wildman–Crippen LogP) is 6.79. The van der Waals surface area contributed by atoms with Gasteiger partial charge in [-0.2, -0.15) is 0 Å². The zero-order valence-electron chi connectivity index (χ0n) is 19.7. The van der Waals surface area contributed by atoms with Crippen LogP contribution in [0.5, 0.6) is 0 Å². The largest absolute Gasteiger partial charge is 0.454 e. The number of imide groups is 1. The zero-order chi connectivity index (χ0) is 28.6. The smallest absolute Gasteiger partial charge is 0.329 e. The van der Waals surface area contributed by atoms with E-state index in [1.54, 1.807) is 30.3 Å². The van der Waals surface area contributed by atoms with Crippen LogP contribution >= 0.6 is 75.3 Å². The van der Waals surface area contributed by atoms with E-state index in [0.717, 1.165) is 4.90 Å². The maximum absolute atomic E-state index is 13.1. The van der Waals surface area contributed by atoms with Gasteiger partial charge in [-0.15, -0.1) is 0 Å². The van der Waals surface area contributed by atoms with Crippen LogP contribution in [0.2, 0.25) is 5.02 Å². The Morgan fingerprint density at radius 2 is 1.46 bits per heavy atom. The number of esters is 1. The molecule has 13 heteroatoms. The van der Waals surface area contributed by atoms with Crippen molar-refractivity contribution in [3.05, 3.63) is 93.7 Å². The van der Waals surface area contributed by atoms with Crippen LogP contribution in [0.4, 0.5) is 5.69 Å². The number of amides is 3. The SMILES string of the molecule is C[C@@H](C(=O)OCC(=O)Nc1ccc(Cl)cc1C(=O)c1ccccc1)N1C(=O)c2c(Br)c(Br)c(Br)c(Br)c2C1=O. The Morgan fingerprint density at radius 3 is 2.03 bits per heavy atom. The first-order valence-electron chi connectivity index (χ1n) is 11.0. The number of hydrogen-bond donors (Lipinski definition) is 1. The molecule has 0 unspecified atom stereocenters. The number of anilines is 1. The van der Waals surface area contributed by atoms with Crippen LogP contribution in [-0.4, -0.2) is 47.0 Å². The second kappa shape index (κ2) is 12.0. The predicted molar refractivity (Wildman–Crippen MR) is 158 cm³/mol. The van der Waals surface area contributed by atoms with Gasteiger partial charge in [0.25, 0.3) is 17.7 Å². The van der Waals surface area contributed by atoms with Gasteiger partial charge in [-0.1, -0.05) is 41.9 Å². The number of rotatable bonds is 7. The number of hydrogen-bond acceptors (Lipinski definition) is 6. The lowest BCUT2D eigenvalue weighted by molar-refractivity contribution is -0.150. The Labute approximate surface area is 260 Å². The zero-order valence-corrected chi connectivity index (χ0v) is 26.8. The third kappa shape index (κ3) is 5.76. The van der Waals surface area contributed by atoms with Crippen LogP contribution in [0, 0.1) is 0 Å². The topological polar surface area (TPSA) is 110 Å². The van der Waals surface area contributed by atoms with Crippen LogP contribution in [-0.2, 0) is 14.3 Å². The van der Waals surface area contributed by atoms with Crippen molar-refractivity contribution in [2.75, 3.05) is 11.9 Å². The fourth-order valence-electron chi connectivity index (χ4n) is 3.83. The lowest BCUT2D eigenvalue weighted by Gasteiger charge is -2.21. The molecule has 0 fully saturated rings. The first-order chi connectivity index (χ1) is 18.4. The summed E-state index contributed by atoms with van der Waals surface area (Å²) in [6, 6.07) is 11.5. The van der Waals surface area contributed by atoms with Gasteiger partial charge in [0.05, 0.1) is 16.8 Å². The molecule has 3 aromatic rings. The number of fused-ring (bicyclic) bond motifs is 1. The van der Waals surface area contributed by atoms with Crippen molar-refractivity contribution in [2.45, 2.75) is 13.0 Å². The Bertz CT molecular complexity index is 1520. The Kier molecular flexibility index (Phi) is 9.12. The first-order valence-corrected chi connectivity index (χ1v) is 14.6. The molecule has 4 rings (SSSR count). The fourth-order valence-corrected chi connectivity index (χ4v) is 6.45. The van der Waals surface area contributed by atoms with Gasteiger partial charge >= 0.3 is 5.97 Å². The van der Waals surface area contributed by atoms with E-state index in [1.807, 2.05) is 0 Å². The molecule has 1 aliphatic rings. The number of ether oxygens (including phenoxy) is 1. The standard InChI is InChI=1S/C26H15Br4ClN2O6/c1-11(33-24(36)17-18(25(33)37)20(28)22(30)21(29)19(17)27)26(38)39-10-16(34)32-15-8-7-13(31)9-14(15)23(35)12-5-3-2-4-6-12/h2-9,11H,10H2,1H3,(H,32,34)/t11-/m0/s1. The molecular weight excluding hydrogens is 791 g/mol. The molecule has 0 bridgehead atoms. The summed E-state index contributed by atoms with van der Waals surface area (Å²) in [6.07, 6.45) is 0. The van der Waals surface area contributed by atoms with Crippen molar-refractivity contribution < 1.29 is 28.7 Å². The van der Waals surface area contributed by atoms with Crippen molar-refractivity contribution in [1.29, 1.82) is 0 Å². The monoisotopic (exact) mass is 802 g/mol. The molecule has 0 saturated carbocycles. The van der Waals surface area contributed by atoms with E-state index < -0.39 is 36.3 Å². The second-order valence-electron chi connectivity index (χ2n) is 8.20. The third-order valence-electron chi connectivity index (χ3n) is 5.74. The molecule has 200 valence electrons. The lowest BCUT2D eigenvalue weighted by Crippen LogP contribution is -2.44. The Morgan fingerprint density at radius 1 is 0.897 bits per heavy atom. The van der Waals surface area contributed by atoms with Gasteiger partial charge in [0.2, 0.25) is 0 Å². The molecule has 1 N–H and O–H groups in total. The van der Waals surface area contributed by atoms with E-state index in [-0.39, 0.29) is 28.2 Å². The van der Waals surface area contributed by atoms with E-state index in [4.69, 9.17) is 16.3 Å². The highest BCUT2D eigenvalue weighted by molar-refractivity contribution is 9.15. The van der Waals surface area contributed by atoms with Crippen molar-refractivity contribution in [3.8, 4) is 0 Å². The maximum atomic E-state index is 13.1. The molecule has 0 spiro atoms. The average Bonchev–Trinajstić information content (AvgIpc) is 3.19. The molecule has 1 aliphatic heterocycles. The fraction of sp³-hybridized carbons (Fsp3) is 0.115. The number of nitrogens with zero attached hydrogens (tertiary/aromatic N) is 1. The van der Waals surface area contributed by atoms with Crippen LogP contribution in [0.25, 0.3) is 0 Å². The molecule has 0 radical (unpaired) electrons. The highest BCUT2D eigenvalue weighted by atomic mass is 79.9. The molecule has 0 aromatic heterocycles. The summed E-state index contributed by atoms with van der Waals surface area (Å²) in [5.41, 5.74) is 0.888. The normalized spacial score (nSPS) is 13.2. The minimum absolute atomic E-state index is 0.0812. The van der Waals surface area contributed by atoms with Gasteiger partial charge in [-0.3, -0.25) is 24.1 Å². The van der Waals surface area contributed by atoms with Crippen molar-refractivity contribution >= 4 is 110 Å². The van der Waals surface area contributed by atoms with Crippen LogP contribution < -0.4 is 5.32 Å². The van der Waals surface area contributed by atoms with Gasteiger partial charge in [-0.25, -0.2) is 4.79 Å². The third-order valence-corrected chi connectivity index (χ3v) is 10.7. The summed E-state index contributed by atoms with van der Waals surface area (Å²) >= 11 is 19.4. The summed E-state index contributed by atoms with van der Waals surface area (Å²) in [6.45, 7) is 0.599. The summed E-state index contributed by atoms with van der Waals surface area (Å²) in [5.74, 6) is -3.47. The van der Waals surface area contributed by atoms with E-state index in [2.05, 4.69) is 69.0 Å². The molecule has 3 aromatic carbocycles. The minimum atomic E-state index is -1.33. The van der Waals surface area contributed by atoms with Crippen LogP contribution in [0.15, 0.2) is 66.4 Å². The molecule has 0 saturated heterocycles. The Hall–Kier alpha value is -2.38. The lowest BCUT2D eigenvalue weighted by atomic mass is 10.0. The summed E-state index contributed by atoms with van der Waals surface area (Å²) in [5, 5.41) is 2.84. The van der Waals surface area contributed by atoms with Crippen molar-refractivity contribution in [2.24, 2.45) is 0 Å². The van der Waals surface area contributed by atoms with E-state index in [9.17, 15) is 24.0 Å². The number of ketones is 1. The van der Waals surface area contributed by atoms with Gasteiger partial charge in [0.15, 0.2) is 12.4 Å². The molecular formula is C26H15Br4ClN2O6. The average molecular weight is 806 g/mol. The van der Waals surface area contributed by atoms with Crippen molar-refractivity contribution in [3.63, 3.8) is 0 Å². The Balaban J connectivity index is 1.46.